The molecule has 0 aliphatic carbocycles. The molecule has 0 heterocycles. The summed E-state index contributed by atoms with van der Waals surface area (Å²) in [6.07, 6.45) is 2.35. The predicted octanol–water partition coefficient (Wildman–Crippen LogP) is 3.51. The molecule has 0 fully saturated rings. The Kier molecular flexibility index (Phi) is 6.37. The van der Waals surface area contributed by atoms with E-state index in [9.17, 15) is 0 Å². The summed E-state index contributed by atoms with van der Waals surface area (Å²) in [5.74, 6) is 0. The normalized spacial score (nSPS) is 14.8. The quantitative estimate of drug-likeness (QED) is 0.800. The Morgan fingerprint density at radius 1 is 1.11 bits per heavy atom. The van der Waals surface area contributed by atoms with Crippen molar-refractivity contribution in [1.82, 2.24) is 4.90 Å². The summed E-state index contributed by atoms with van der Waals surface area (Å²) >= 11 is 0. The van der Waals surface area contributed by atoms with Gasteiger partial charge in [-0.1, -0.05) is 38.1 Å². The van der Waals surface area contributed by atoms with Gasteiger partial charge in [-0.05, 0) is 50.9 Å². The Morgan fingerprint density at radius 2 is 1.67 bits per heavy atom. The lowest BCUT2D eigenvalue weighted by Crippen LogP contribution is -2.40. The van der Waals surface area contributed by atoms with Gasteiger partial charge in [0, 0.05) is 12.1 Å². The molecule has 0 radical (unpaired) electrons. The third kappa shape index (κ3) is 3.82. The van der Waals surface area contributed by atoms with Gasteiger partial charge in [0.25, 0.3) is 0 Å². The average molecular weight is 248 g/mol. The van der Waals surface area contributed by atoms with Gasteiger partial charge < -0.3 is 5.73 Å². The second kappa shape index (κ2) is 7.55. The van der Waals surface area contributed by atoms with Crippen LogP contribution < -0.4 is 5.73 Å². The maximum absolute atomic E-state index is 6.26. The van der Waals surface area contributed by atoms with Crippen LogP contribution in [0.5, 0.6) is 0 Å². The van der Waals surface area contributed by atoms with E-state index in [4.69, 9.17) is 5.73 Å². The second-order valence-corrected chi connectivity index (χ2v) is 5.20. The Labute approximate surface area is 112 Å². The number of hydrogen-bond donors (Lipinski definition) is 1. The van der Waals surface area contributed by atoms with E-state index in [-0.39, 0.29) is 6.04 Å². The highest BCUT2D eigenvalue weighted by Gasteiger charge is 2.23. The summed E-state index contributed by atoms with van der Waals surface area (Å²) < 4.78 is 0. The van der Waals surface area contributed by atoms with Crippen LogP contribution in [-0.2, 0) is 0 Å². The van der Waals surface area contributed by atoms with Gasteiger partial charge in [0.1, 0.15) is 0 Å². The predicted molar refractivity (Wildman–Crippen MR) is 79.7 cm³/mol. The number of hydrogen-bond acceptors (Lipinski definition) is 2. The summed E-state index contributed by atoms with van der Waals surface area (Å²) in [6, 6.07) is 9.12. The molecule has 0 saturated carbocycles. The van der Waals surface area contributed by atoms with Gasteiger partial charge in [-0.3, -0.25) is 4.90 Å². The SMILES string of the molecule is CCCN(CCC)C(c1ccccc1C)C(C)N. The number of aryl methyl sites for hydroxylation is 1. The summed E-state index contributed by atoms with van der Waals surface area (Å²) in [5, 5.41) is 0. The van der Waals surface area contributed by atoms with Gasteiger partial charge >= 0.3 is 0 Å². The second-order valence-electron chi connectivity index (χ2n) is 5.20. The molecule has 1 aromatic rings. The molecule has 18 heavy (non-hydrogen) atoms. The number of nitrogens with two attached hydrogens (primary N) is 1. The molecule has 0 saturated heterocycles. The molecule has 2 nitrogen and oxygen atoms in total. The van der Waals surface area contributed by atoms with Crippen LogP contribution in [-0.4, -0.2) is 24.0 Å². The molecule has 2 atom stereocenters. The maximum Gasteiger partial charge on any atom is 0.0499 e. The Hall–Kier alpha value is -0.860. The van der Waals surface area contributed by atoms with E-state index < -0.39 is 0 Å². The zero-order chi connectivity index (χ0) is 13.5. The highest BCUT2D eigenvalue weighted by Crippen LogP contribution is 2.26. The van der Waals surface area contributed by atoms with Crippen LogP contribution in [0.25, 0.3) is 0 Å². The fourth-order valence-corrected chi connectivity index (χ4v) is 2.70. The van der Waals surface area contributed by atoms with Gasteiger partial charge in [0.2, 0.25) is 0 Å². The largest absolute Gasteiger partial charge is 0.326 e. The van der Waals surface area contributed by atoms with E-state index in [1.165, 1.54) is 24.0 Å². The van der Waals surface area contributed by atoms with E-state index in [1.54, 1.807) is 0 Å². The summed E-state index contributed by atoms with van der Waals surface area (Å²) in [6.45, 7) is 11.0. The first kappa shape index (κ1) is 15.2. The van der Waals surface area contributed by atoms with Crippen molar-refractivity contribution in [2.45, 2.75) is 52.6 Å². The zero-order valence-corrected chi connectivity index (χ0v) is 12.3. The monoisotopic (exact) mass is 248 g/mol. The first-order valence-electron chi connectivity index (χ1n) is 7.16. The minimum Gasteiger partial charge on any atom is -0.326 e. The molecule has 0 aromatic heterocycles. The lowest BCUT2D eigenvalue weighted by Gasteiger charge is -2.35. The van der Waals surface area contributed by atoms with Crippen molar-refractivity contribution in [2.24, 2.45) is 5.73 Å². The molecular weight excluding hydrogens is 220 g/mol. The average Bonchev–Trinajstić information content (AvgIpc) is 2.32. The van der Waals surface area contributed by atoms with Crippen LogP contribution in [0.15, 0.2) is 24.3 Å². The molecular formula is C16H28N2. The standard InChI is InChI=1S/C16H28N2/c1-5-11-18(12-6-2)16(14(4)17)15-10-8-7-9-13(15)3/h7-10,14,16H,5-6,11-12,17H2,1-4H3. The number of benzene rings is 1. The van der Waals surface area contributed by atoms with Crippen molar-refractivity contribution in [2.75, 3.05) is 13.1 Å². The molecule has 0 aliphatic rings. The highest BCUT2D eigenvalue weighted by molar-refractivity contribution is 5.29. The third-order valence-electron chi connectivity index (χ3n) is 3.42. The van der Waals surface area contributed by atoms with E-state index in [0.29, 0.717) is 6.04 Å². The first-order valence-corrected chi connectivity index (χ1v) is 7.16. The minimum atomic E-state index is 0.157. The van der Waals surface area contributed by atoms with Crippen LogP contribution in [0.1, 0.15) is 50.8 Å². The summed E-state index contributed by atoms with van der Waals surface area (Å²) in [4.78, 5) is 2.53. The van der Waals surface area contributed by atoms with Crippen molar-refractivity contribution in [3.63, 3.8) is 0 Å². The molecule has 2 heteroatoms. The zero-order valence-electron chi connectivity index (χ0n) is 12.3. The fourth-order valence-electron chi connectivity index (χ4n) is 2.70. The minimum absolute atomic E-state index is 0.157. The number of nitrogens with zero attached hydrogens (tertiary/aromatic N) is 1. The molecule has 1 rings (SSSR count). The Bertz CT molecular complexity index is 341. The molecule has 1 aromatic carbocycles. The third-order valence-corrected chi connectivity index (χ3v) is 3.42. The molecule has 102 valence electrons. The smallest absolute Gasteiger partial charge is 0.0499 e. The van der Waals surface area contributed by atoms with Crippen molar-refractivity contribution in [3.8, 4) is 0 Å². The molecule has 2 unspecified atom stereocenters. The summed E-state index contributed by atoms with van der Waals surface area (Å²) in [5.41, 5.74) is 8.99. The van der Waals surface area contributed by atoms with Crippen molar-refractivity contribution in [1.29, 1.82) is 0 Å². The van der Waals surface area contributed by atoms with Gasteiger partial charge in [0.15, 0.2) is 0 Å². The topological polar surface area (TPSA) is 29.3 Å². The maximum atomic E-state index is 6.26. The van der Waals surface area contributed by atoms with E-state index in [0.717, 1.165) is 13.1 Å². The van der Waals surface area contributed by atoms with Crippen LogP contribution >= 0.6 is 0 Å². The van der Waals surface area contributed by atoms with Crippen LogP contribution in [0.3, 0.4) is 0 Å². The van der Waals surface area contributed by atoms with Crippen molar-refractivity contribution >= 4 is 0 Å². The van der Waals surface area contributed by atoms with Gasteiger partial charge in [0.05, 0.1) is 0 Å². The van der Waals surface area contributed by atoms with Gasteiger partial charge in [-0.2, -0.15) is 0 Å². The van der Waals surface area contributed by atoms with Crippen LogP contribution in [0.4, 0.5) is 0 Å². The van der Waals surface area contributed by atoms with Crippen molar-refractivity contribution < 1.29 is 0 Å². The van der Waals surface area contributed by atoms with Crippen LogP contribution in [0.2, 0.25) is 0 Å². The molecule has 0 amide bonds. The van der Waals surface area contributed by atoms with Crippen LogP contribution in [0, 0.1) is 6.92 Å². The summed E-state index contributed by atoms with van der Waals surface area (Å²) in [7, 11) is 0. The molecule has 2 N–H and O–H groups in total. The van der Waals surface area contributed by atoms with E-state index >= 15 is 0 Å². The Balaban J connectivity index is 3.03. The lowest BCUT2D eigenvalue weighted by molar-refractivity contribution is 0.176. The number of rotatable bonds is 7. The fraction of sp³-hybridized carbons (Fsp3) is 0.625. The lowest BCUT2D eigenvalue weighted by atomic mass is 9.94. The van der Waals surface area contributed by atoms with Crippen molar-refractivity contribution in [3.05, 3.63) is 35.4 Å². The molecule has 0 aliphatic heterocycles. The first-order chi connectivity index (χ1) is 8.61. The van der Waals surface area contributed by atoms with Gasteiger partial charge in [-0.15, -0.1) is 0 Å². The highest BCUT2D eigenvalue weighted by atomic mass is 15.2. The molecule has 0 bridgehead atoms. The van der Waals surface area contributed by atoms with E-state index in [2.05, 4.69) is 56.9 Å². The Morgan fingerprint density at radius 3 is 2.11 bits per heavy atom. The van der Waals surface area contributed by atoms with Gasteiger partial charge in [-0.25, -0.2) is 0 Å². The molecule has 0 spiro atoms. The van der Waals surface area contributed by atoms with E-state index in [1.807, 2.05) is 0 Å².